The molecule has 1 aromatic carbocycles. The quantitative estimate of drug-likeness (QED) is 0.791. The molecule has 2 rings (SSSR count). The largest absolute Gasteiger partial charge is 0.424 e. The number of halogens is 2. The fourth-order valence-corrected chi connectivity index (χ4v) is 1.27. The zero-order valence-corrected chi connectivity index (χ0v) is 7.75. The molecule has 2 aromatic rings. The Morgan fingerprint density at radius 3 is 2.86 bits per heavy atom. The summed E-state index contributed by atoms with van der Waals surface area (Å²) in [4.78, 5) is 3.67. The van der Waals surface area contributed by atoms with E-state index >= 15 is 0 Å². The number of benzene rings is 1. The molecular formula is C9H6ClFN2O. The van der Waals surface area contributed by atoms with Crippen LogP contribution in [0.25, 0.3) is 11.3 Å². The molecule has 3 nitrogen and oxygen atoms in total. The molecule has 2 N–H and O–H groups in total. The third-order valence-electron chi connectivity index (χ3n) is 1.72. The van der Waals surface area contributed by atoms with E-state index in [1.54, 1.807) is 0 Å². The van der Waals surface area contributed by atoms with Crippen LogP contribution in [0.5, 0.6) is 0 Å². The first-order valence-electron chi connectivity index (χ1n) is 3.83. The van der Waals surface area contributed by atoms with E-state index in [4.69, 9.17) is 21.8 Å². The number of hydrogen-bond donors (Lipinski definition) is 1. The summed E-state index contributed by atoms with van der Waals surface area (Å²) in [6, 6.07) is 4.17. The molecule has 0 unspecified atom stereocenters. The number of nitrogen functional groups attached to an aromatic ring is 1. The van der Waals surface area contributed by atoms with Crippen LogP contribution in [0.1, 0.15) is 0 Å². The van der Waals surface area contributed by atoms with Crippen molar-refractivity contribution in [2.45, 2.75) is 0 Å². The van der Waals surface area contributed by atoms with Crippen LogP contribution in [0.3, 0.4) is 0 Å². The van der Waals surface area contributed by atoms with E-state index in [0.717, 1.165) is 0 Å². The summed E-state index contributed by atoms with van der Waals surface area (Å²) in [5, 5.41) is 0.427. The third-order valence-corrected chi connectivity index (χ3v) is 1.95. The number of nitrogens with two attached hydrogens (primary N) is 1. The normalized spacial score (nSPS) is 10.4. The molecule has 5 heteroatoms. The van der Waals surface area contributed by atoms with Crippen molar-refractivity contribution in [2.75, 3.05) is 5.73 Å². The van der Waals surface area contributed by atoms with E-state index in [2.05, 4.69) is 4.98 Å². The lowest BCUT2D eigenvalue weighted by Crippen LogP contribution is -1.82. The van der Waals surface area contributed by atoms with Gasteiger partial charge < -0.3 is 10.2 Å². The Morgan fingerprint density at radius 2 is 2.21 bits per heavy atom. The van der Waals surface area contributed by atoms with E-state index in [1.165, 1.54) is 24.4 Å². The summed E-state index contributed by atoms with van der Waals surface area (Å²) in [5.41, 5.74) is 5.52. The molecule has 0 spiro atoms. The van der Waals surface area contributed by atoms with Gasteiger partial charge in [0.25, 0.3) is 6.01 Å². The fraction of sp³-hybridized carbons (Fsp3) is 0. The minimum atomic E-state index is -0.425. The van der Waals surface area contributed by atoms with Gasteiger partial charge in [-0.2, -0.15) is 0 Å². The third kappa shape index (κ3) is 1.56. The molecule has 0 saturated heterocycles. The lowest BCUT2D eigenvalue weighted by atomic mass is 10.2. The Labute approximate surface area is 84.3 Å². The van der Waals surface area contributed by atoms with Gasteiger partial charge in [-0.05, 0) is 18.2 Å². The minimum absolute atomic E-state index is 0.000578. The van der Waals surface area contributed by atoms with Crippen molar-refractivity contribution in [3.05, 3.63) is 35.2 Å². The van der Waals surface area contributed by atoms with Crippen molar-refractivity contribution in [1.29, 1.82) is 0 Å². The van der Waals surface area contributed by atoms with Crippen molar-refractivity contribution in [1.82, 2.24) is 4.98 Å². The molecule has 0 aliphatic heterocycles. The maximum atomic E-state index is 13.3. The Kier molecular flexibility index (Phi) is 2.13. The molecule has 72 valence electrons. The molecule has 0 radical (unpaired) electrons. The van der Waals surface area contributed by atoms with E-state index in [-0.39, 0.29) is 17.3 Å². The molecule has 0 saturated carbocycles. The van der Waals surface area contributed by atoms with Crippen LogP contribution in [0.15, 0.2) is 28.8 Å². The molecule has 0 atom stereocenters. The number of nitrogens with zero attached hydrogens (tertiary/aromatic N) is 1. The van der Waals surface area contributed by atoms with Crippen LogP contribution in [-0.2, 0) is 0 Å². The Morgan fingerprint density at radius 1 is 1.43 bits per heavy atom. The standard InChI is InChI=1S/C9H6ClFN2O/c10-5-1-2-7(11)6(3-5)8-4-13-9(12)14-8/h1-4H,(H2,12,13). The Balaban J connectivity index is 2.55. The molecule has 1 heterocycles. The van der Waals surface area contributed by atoms with Crippen LogP contribution in [0.4, 0.5) is 10.4 Å². The molecule has 0 bridgehead atoms. The Bertz CT molecular complexity index is 470. The van der Waals surface area contributed by atoms with Crippen molar-refractivity contribution in [3.8, 4) is 11.3 Å². The molecular weight excluding hydrogens is 207 g/mol. The predicted molar refractivity (Wildman–Crippen MR) is 51.3 cm³/mol. The summed E-state index contributed by atoms with van der Waals surface area (Å²) in [7, 11) is 0. The van der Waals surface area contributed by atoms with Gasteiger partial charge in [0.05, 0.1) is 11.8 Å². The molecule has 1 aromatic heterocycles. The highest BCUT2D eigenvalue weighted by molar-refractivity contribution is 6.30. The van der Waals surface area contributed by atoms with E-state index in [1.807, 2.05) is 0 Å². The number of oxazole rings is 1. The lowest BCUT2D eigenvalue weighted by molar-refractivity contribution is 0.580. The van der Waals surface area contributed by atoms with Gasteiger partial charge in [-0.1, -0.05) is 11.6 Å². The molecule has 14 heavy (non-hydrogen) atoms. The first-order chi connectivity index (χ1) is 6.66. The number of anilines is 1. The summed E-state index contributed by atoms with van der Waals surface area (Å²) < 4.78 is 18.3. The average Bonchev–Trinajstić information content (AvgIpc) is 2.56. The summed E-state index contributed by atoms with van der Waals surface area (Å²) >= 11 is 5.71. The second-order valence-corrected chi connectivity index (χ2v) is 3.12. The smallest absolute Gasteiger partial charge is 0.292 e. The Hall–Kier alpha value is -1.55. The van der Waals surface area contributed by atoms with Gasteiger partial charge in [0, 0.05) is 5.02 Å². The van der Waals surface area contributed by atoms with Gasteiger partial charge in [0.15, 0.2) is 5.76 Å². The van der Waals surface area contributed by atoms with E-state index < -0.39 is 5.82 Å². The SMILES string of the molecule is Nc1ncc(-c2cc(Cl)ccc2F)o1. The van der Waals surface area contributed by atoms with Crippen LogP contribution >= 0.6 is 11.6 Å². The molecule has 0 amide bonds. The number of aromatic nitrogens is 1. The lowest BCUT2D eigenvalue weighted by Gasteiger charge is -1.98. The highest BCUT2D eigenvalue weighted by atomic mass is 35.5. The van der Waals surface area contributed by atoms with Gasteiger partial charge in [0.2, 0.25) is 0 Å². The van der Waals surface area contributed by atoms with Gasteiger partial charge in [-0.25, -0.2) is 9.37 Å². The topological polar surface area (TPSA) is 52.0 Å². The summed E-state index contributed by atoms with van der Waals surface area (Å²) in [5.74, 6) is -0.159. The number of hydrogen-bond acceptors (Lipinski definition) is 3. The van der Waals surface area contributed by atoms with Crippen molar-refractivity contribution in [2.24, 2.45) is 0 Å². The zero-order valence-electron chi connectivity index (χ0n) is 7.00. The van der Waals surface area contributed by atoms with Crippen LogP contribution in [-0.4, -0.2) is 4.98 Å². The van der Waals surface area contributed by atoms with E-state index in [9.17, 15) is 4.39 Å². The van der Waals surface area contributed by atoms with Crippen molar-refractivity contribution >= 4 is 17.6 Å². The van der Waals surface area contributed by atoms with E-state index in [0.29, 0.717) is 5.02 Å². The number of rotatable bonds is 1. The van der Waals surface area contributed by atoms with Crippen molar-refractivity contribution < 1.29 is 8.81 Å². The van der Waals surface area contributed by atoms with Gasteiger partial charge in [-0.15, -0.1) is 0 Å². The fourth-order valence-electron chi connectivity index (χ4n) is 1.10. The molecule has 0 aliphatic carbocycles. The van der Waals surface area contributed by atoms with Crippen molar-refractivity contribution in [3.63, 3.8) is 0 Å². The van der Waals surface area contributed by atoms with Crippen LogP contribution in [0.2, 0.25) is 5.02 Å². The summed E-state index contributed by atoms with van der Waals surface area (Å²) in [6.07, 6.45) is 1.35. The predicted octanol–water partition coefficient (Wildman–Crippen LogP) is 2.72. The minimum Gasteiger partial charge on any atom is -0.424 e. The highest BCUT2D eigenvalue weighted by Gasteiger charge is 2.10. The first kappa shape index (κ1) is 9.02. The molecule has 0 aliphatic rings. The monoisotopic (exact) mass is 212 g/mol. The molecule has 0 fully saturated rings. The van der Waals surface area contributed by atoms with Crippen LogP contribution in [0, 0.1) is 5.82 Å². The first-order valence-corrected chi connectivity index (χ1v) is 4.21. The average molecular weight is 213 g/mol. The van der Waals surface area contributed by atoms with Gasteiger partial charge in [0.1, 0.15) is 5.82 Å². The zero-order chi connectivity index (χ0) is 10.1. The second kappa shape index (κ2) is 3.31. The van der Waals surface area contributed by atoms with Gasteiger partial charge >= 0.3 is 0 Å². The maximum absolute atomic E-state index is 13.3. The summed E-state index contributed by atoms with van der Waals surface area (Å²) in [6.45, 7) is 0. The second-order valence-electron chi connectivity index (χ2n) is 2.69. The highest BCUT2D eigenvalue weighted by Crippen LogP contribution is 2.26. The van der Waals surface area contributed by atoms with Gasteiger partial charge in [-0.3, -0.25) is 0 Å². The maximum Gasteiger partial charge on any atom is 0.292 e. The van der Waals surface area contributed by atoms with Crippen LogP contribution < -0.4 is 5.73 Å².